The van der Waals surface area contributed by atoms with Gasteiger partial charge in [0.2, 0.25) is 12.2 Å². The summed E-state index contributed by atoms with van der Waals surface area (Å²) in [6, 6.07) is 28.6. The molecule has 4 aromatic rings. The standard InChI is InChI=1S/C18H14O8.C17H19ClN2O/c19-15(20)13(25-17(23)11-7-3-1-4-8-11)14(16(21)22)26-18(24)12-9-5-2-6-10-12;18-14-6-4-13(5-7-14)17(16-3-1-2-10-20-16)21-15-8-11-19-12-9-15/h1-10,13-14H,(H,19,20)(H,21,22);1-7,10,15,17,19H,8-9,11-12H2/t13-,14-;17-/m10/s1. The molecule has 0 amide bonds. The summed E-state index contributed by atoms with van der Waals surface area (Å²) in [5, 5.41) is 22.6. The Kier molecular flexibility index (Phi) is 13.0. The number of piperidine rings is 1. The van der Waals surface area contributed by atoms with Crippen LogP contribution in [-0.4, -0.2) is 70.5 Å². The number of halogens is 1. The van der Waals surface area contributed by atoms with Gasteiger partial charge in [0.05, 0.1) is 22.9 Å². The summed E-state index contributed by atoms with van der Waals surface area (Å²) < 4.78 is 15.9. The van der Waals surface area contributed by atoms with Crippen molar-refractivity contribution in [2.45, 2.75) is 37.3 Å². The number of rotatable bonds is 11. The normalized spacial score (nSPS) is 14.7. The summed E-state index contributed by atoms with van der Waals surface area (Å²) in [6.07, 6.45) is -0.404. The van der Waals surface area contributed by atoms with E-state index in [1.165, 1.54) is 48.5 Å². The molecule has 11 nitrogen and oxygen atoms in total. The summed E-state index contributed by atoms with van der Waals surface area (Å²) in [6.45, 7) is 2.03. The van der Waals surface area contributed by atoms with Gasteiger partial charge in [0.25, 0.3) is 0 Å². The van der Waals surface area contributed by atoms with Gasteiger partial charge < -0.3 is 29.7 Å². The molecule has 1 aliphatic heterocycles. The Bertz CT molecular complexity index is 1530. The van der Waals surface area contributed by atoms with Crippen molar-refractivity contribution in [2.24, 2.45) is 0 Å². The van der Waals surface area contributed by atoms with Crippen LogP contribution in [0.25, 0.3) is 0 Å². The number of carbonyl (C=O) groups is 4. The zero-order chi connectivity index (χ0) is 33.6. The van der Waals surface area contributed by atoms with Gasteiger partial charge in [-0.15, -0.1) is 0 Å². The Balaban J connectivity index is 0.000000217. The van der Waals surface area contributed by atoms with Crippen LogP contribution in [0, 0.1) is 0 Å². The molecule has 1 aromatic heterocycles. The molecule has 3 atom stereocenters. The number of aromatic nitrogens is 1. The highest BCUT2D eigenvalue weighted by atomic mass is 35.5. The second-order valence-electron chi connectivity index (χ2n) is 10.3. The molecule has 0 bridgehead atoms. The van der Waals surface area contributed by atoms with Crippen molar-refractivity contribution in [3.05, 3.63) is 137 Å². The van der Waals surface area contributed by atoms with E-state index in [0.29, 0.717) is 0 Å². The molecule has 3 aromatic carbocycles. The van der Waals surface area contributed by atoms with Crippen LogP contribution >= 0.6 is 11.6 Å². The Morgan fingerprint density at radius 2 is 1.19 bits per heavy atom. The fourth-order valence-electron chi connectivity index (χ4n) is 4.61. The highest BCUT2D eigenvalue weighted by Gasteiger charge is 2.41. The van der Waals surface area contributed by atoms with Gasteiger partial charge in [-0.05, 0) is 80.0 Å². The maximum Gasteiger partial charge on any atom is 0.349 e. The van der Waals surface area contributed by atoms with Crippen molar-refractivity contribution in [1.82, 2.24) is 10.3 Å². The number of aliphatic carboxylic acids is 2. The molecule has 2 heterocycles. The van der Waals surface area contributed by atoms with Gasteiger partial charge in [-0.1, -0.05) is 66.2 Å². The fraction of sp³-hybridized carbons (Fsp3) is 0.229. The molecule has 0 spiro atoms. The van der Waals surface area contributed by atoms with Gasteiger partial charge >= 0.3 is 23.9 Å². The molecule has 0 aliphatic carbocycles. The molecule has 0 radical (unpaired) electrons. The number of nitrogens with zero attached hydrogens (tertiary/aromatic N) is 1. The van der Waals surface area contributed by atoms with Crippen LogP contribution in [-0.2, 0) is 23.8 Å². The molecule has 47 heavy (non-hydrogen) atoms. The highest BCUT2D eigenvalue weighted by molar-refractivity contribution is 6.30. The summed E-state index contributed by atoms with van der Waals surface area (Å²) in [7, 11) is 0. The van der Waals surface area contributed by atoms with E-state index in [4.69, 9.17) is 25.8 Å². The Hall–Kier alpha value is -5.10. The van der Waals surface area contributed by atoms with E-state index in [9.17, 15) is 29.4 Å². The van der Waals surface area contributed by atoms with Gasteiger partial charge in [-0.25, -0.2) is 19.2 Å². The first-order chi connectivity index (χ1) is 22.7. The van der Waals surface area contributed by atoms with Crippen molar-refractivity contribution in [3.63, 3.8) is 0 Å². The van der Waals surface area contributed by atoms with Crippen LogP contribution < -0.4 is 5.32 Å². The number of nitrogens with one attached hydrogen (secondary N) is 1. The second-order valence-corrected chi connectivity index (χ2v) is 10.8. The molecule has 1 aliphatic rings. The Labute approximate surface area is 276 Å². The lowest BCUT2D eigenvalue weighted by Gasteiger charge is -2.28. The van der Waals surface area contributed by atoms with Gasteiger partial charge in [0.1, 0.15) is 6.10 Å². The summed E-state index contributed by atoms with van der Waals surface area (Å²) in [5.41, 5.74) is 2.09. The molecule has 1 fully saturated rings. The maximum atomic E-state index is 12.0. The van der Waals surface area contributed by atoms with Crippen molar-refractivity contribution >= 4 is 35.5 Å². The molecule has 1 saturated heterocycles. The predicted molar refractivity (Wildman–Crippen MR) is 171 cm³/mol. The third-order valence-corrected chi connectivity index (χ3v) is 7.24. The molecular formula is C35H33ClN2O9. The topological polar surface area (TPSA) is 161 Å². The third kappa shape index (κ3) is 10.5. The lowest BCUT2D eigenvalue weighted by molar-refractivity contribution is -0.166. The van der Waals surface area contributed by atoms with E-state index in [1.54, 1.807) is 12.1 Å². The Morgan fingerprint density at radius 1 is 0.702 bits per heavy atom. The number of pyridine rings is 1. The van der Waals surface area contributed by atoms with E-state index in [-0.39, 0.29) is 23.3 Å². The van der Waals surface area contributed by atoms with Crippen molar-refractivity contribution in [2.75, 3.05) is 13.1 Å². The minimum Gasteiger partial charge on any atom is -0.478 e. The SMILES string of the molecule is Clc1ccc([C@H](OC2CCNCC2)c2ccccn2)cc1.O=C(O[C@@H](C(=O)O)[C@@H](OC(=O)c1ccccc1)C(=O)O)c1ccccc1. The number of carboxylic acids is 2. The number of hydrogen-bond acceptors (Lipinski definition) is 9. The quantitative estimate of drug-likeness (QED) is 0.181. The van der Waals surface area contributed by atoms with Crippen molar-refractivity contribution < 1.29 is 43.6 Å². The number of carbonyl (C=O) groups excluding carboxylic acids is 2. The zero-order valence-electron chi connectivity index (χ0n) is 25.1. The number of hydrogen-bond donors (Lipinski definition) is 3. The predicted octanol–water partition coefficient (Wildman–Crippen LogP) is 5.20. The number of ether oxygens (including phenoxy) is 3. The summed E-state index contributed by atoms with van der Waals surface area (Å²) in [5.74, 6) is -5.63. The van der Waals surface area contributed by atoms with E-state index in [2.05, 4.69) is 10.3 Å². The number of esters is 2. The van der Waals surface area contributed by atoms with Gasteiger partial charge in [-0.3, -0.25) is 4.98 Å². The van der Waals surface area contributed by atoms with Crippen LogP contribution in [0.5, 0.6) is 0 Å². The van der Waals surface area contributed by atoms with E-state index in [0.717, 1.165) is 42.2 Å². The molecule has 244 valence electrons. The largest absolute Gasteiger partial charge is 0.478 e. The first-order valence-corrected chi connectivity index (χ1v) is 15.1. The first-order valence-electron chi connectivity index (χ1n) is 14.7. The molecule has 0 saturated carbocycles. The minimum absolute atomic E-state index is 0.0253. The average Bonchev–Trinajstić information content (AvgIpc) is 3.10. The Morgan fingerprint density at radius 3 is 1.64 bits per heavy atom. The van der Waals surface area contributed by atoms with Crippen molar-refractivity contribution in [3.8, 4) is 0 Å². The summed E-state index contributed by atoms with van der Waals surface area (Å²) in [4.78, 5) is 51.3. The fourth-order valence-corrected chi connectivity index (χ4v) is 4.74. The van der Waals surface area contributed by atoms with E-state index < -0.39 is 36.1 Å². The van der Waals surface area contributed by atoms with E-state index >= 15 is 0 Å². The van der Waals surface area contributed by atoms with Crippen molar-refractivity contribution in [1.29, 1.82) is 0 Å². The third-order valence-electron chi connectivity index (χ3n) is 6.99. The van der Waals surface area contributed by atoms with Gasteiger partial charge in [-0.2, -0.15) is 0 Å². The zero-order valence-corrected chi connectivity index (χ0v) is 25.9. The molecule has 5 rings (SSSR count). The smallest absolute Gasteiger partial charge is 0.349 e. The minimum atomic E-state index is -2.21. The number of benzene rings is 3. The summed E-state index contributed by atoms with van der Waals surface area (Å²) >= 11 is 5.99. The average molecular weight is 661 g/mol. The first kappa shape index (κ1) is 34.8. The molecular weight excluding hydrogens is 628 g/mol. The van der Waals surface area contributed by atoms with Crippen LogP contribution in [0.3, 0.4) is 0 Å². The highest BCUT2D eigenvalue weighted by Crippen LogP contribution is 2.29. The van der Waals surface area contributed by atoms with Gasteiger partial charge in [0.15, 0.2) is 0 Å². The lowest BCUT2D eigenvalue weighted by Crippen LogP contribution is -2.45. The molecule has 3 N–H and O–H groups in total. The maximum absolute atomic E-state index is 12.0. The second kappa shape index (κ2) is 17.6. The lowest BCUT2D eigenvalue weighted by atomic mass is 10.0. The van der Waals surface area contributed by atoms with E-state index in [1.807, 2.05) is 48.7 Å². The van der Waals surface area contributed by atoms with Crippen LogP contribution in [0.4, 0.5) is 0 Å². The van der Waals surface area contributed by atoms with Crippen LogP contribution in [0.15, 0.2) is 109 Å². The van der Waals surface area contributed by atoms with Crippen LogP contribution in [0.2, 0.25) is 5.02 Å². The monoisotopic (exact) mass is 660 g/mol. The number of carboxylic acid groups (broad SMARTS) is 2. The molecule has 12 heteroatoms. The van der Waals surface area contributed by atoms with Crippen LogP contribution in [0.1, 0.15) is 50.9 Å². The molecule has 0 unspecified atom stereocenters. The van der Waals surface area contributed by atoms with Gasteiger partial charge in [0, 0.05) is 11.2 Å².